The molecule has 1 fully saturated rings. The van der Waals surface area contributed by atoms with Gasteiger partial charge in [-0.25, -0.2) is 8.42 Å². The highest BCUT2D eigenvalue weighted by atomic mass is 35.5. The molecule has 0 spiro atoms. The monoisotopic (exact) mass is 307 g/mol. The Kier molecular flexibility index (Phi) is 4.36. The van der Waals surface area contributed by atoms with Crippen LogP contribution in [0.4, 0.5) is 0 Å². The number of alkyl halides is 1. The van der Waals surface area contributed by atoms with Gasteiger partial charge in [-0.05, 0) is 30.9 Å². The third kappa shape index (κ3) is 3.07. The Morgan fingerprint density at radius 3 is 2.56 bits per heavy atom. The van der Waals surface area contributed by atoms with Crippen LogP contribution in [-0.4, -0.2) is 25.3 Å². The zero-order valence-corrected chi connectivity index (χ0v) is 13.0. The summed E-state index contributed by atoms with van der Waals surface area (Å²) in [7, 11) is -3.33. The second-order valence-corrected chi connectivity index (χ2v) is 8.61. The molecule has 6 heteroatoms. The van der Waals surface area contributed by atoms with Gasteiger partial charge in [-0.1, -0.05) is 13.8 Å². The molecule has 18 heavy (non-hydrogen) atoms. The lowest BCUT2D eigenvalue weighted by Crippen LogP contribution is -2.35. The van der Waals surface area contributed by atoms with Gasteiger partial charge < -0.3 is 0 Å². The highest BCUT2D eigenvalue weighted by Gasteiger charge is 2.38. The van der Waals surface area contributed by atoms with Gasteiger partial charge in [0.2, 0.25) is 0 Å². The zero-order chi connectivity index (χ0) is 13.3. The Bertz CT molecular complexity index is 506. The maximum Gasteiger partial charge on any atom is 0.252 e. The largest absolute Gasteiger partial charge is 0.252 e. The number of hydrogen-bond acceptors (Lipinski definition) is 3. The summed E-state index contributed by atoms with van der Waals surface area (Å²) < 4.78 is 27.2. The number of thiophene rings is 1. The van der Waals surface area contributed by atoms with Crippen LogP contribution in [0.1, 0.15) is 31.6 Å². The number of rotatable bonds is 6. The van der Waals surface area contributed by atoms with Crippen molar-refractivity contribution in [2.24, 2.45) is 5.92 Å². The SMILES string of the molecule is CC(C)CN(C1CC1)S(=O)(=O)c1ccc(CCl)s1. The predicted octanol–water partition coefficient (Wildman–Crippen LogP) is 3.30. The molecule has 1 aromatic rings. The van der Waals surface area contributed by atoms with E-state index in [0.717, 1.165) is 17.7 Å². The Morgan fingerprint density at radius 1 is 1.44 bits per heavy atom. The molecule has 0 amide bonds. The van der Waals surface area contributed by atoms with Crippen LogP contribution in [-0.2, 0) is 15.9 Å². The summed E-state index contributed by atoms with van der Waals surface area (Å²) in [6.45, 7) is 4.69. The maximum atomic E-state index is 12.6. The molecule has 0 N–H and O–H groups in total. The standard InChI is InChI=1S/C12H18ClNO2S2/c1-9(2)8-14(10-3-4-10)18(15,16)12-6-5-11(7-13)17-12/h5-6,9-10H,3-4,7-8H2,1-2H3. The van der Waals surface area contributed by atoms with Crippen LogP contribution in [0.3, 0.4) is 0 Å². The lowest BCUT2D eigenvalue weighted by molar-refractivity contribution is 0.361. The van der Waals surface area contributed by atoms with Gasteiger partial charge in [-0.2, -0.15) is 4.31 Å². The lowest BCUT2D eigenvalue weighted by Gasteiger charge is -2.22. The highest BCUT2D eigenvalue weighted by molar-refractivity contribution is 7.91. The normalized spacial score (nSPS) is 16.7. The third-order valence-corrected chi connectivity index (χ3v) is 6.75. The molecule has 0 aromatic carbocycles. The second kappa shape index (κ2) is 5.49. The Morgan fingerprint density at radius 2 is 2.11 bits per heavy atom. The summed E-state index contributed by atoms with van der Waals surface area (Å²) >= 11 is 7.01. The molecule has 3 nitrogen and oxygen atoms in total. The first kappa shape index (κ1) is 14.3. The fourth-order valence-corrected chi connectivity index (χ4v) is 5.29. The van der Waals surface area contributed by atoms with E-state index in [1.54, 1.807) is 16.4 Å². The summed E-state index contributed by atoms with van der Waals surface area (Å²) in [6.07, 6.45) is 1.97. The van der Waals surface area contributed by atoms with Crippen molar-refractivity contribution in [2.75, 3.05) is 6.54 Å². The number of nitrogens with zero attached hydrogens (tertiary/aromatic N) is 1. The summed E-state index contributed by atoms with van der Waals surface area (Å²) in [5.41, 5.74) is 0. The average Bonchev–Trinajstić information content (AvgIpc) is 3.01. The van der Waals surface area contributed by atoms with Crippen molar-refractivity contribution >= 4 is 33.0 Å². The van der Waals surface area contributed by atoms with Gasteiger partial charge >= 0.3 is 0 Å². The van der Waals surface area contributed by atoms with E-state index in [1.165, 1.54) is 11.3 Å². The molecule has 2 rings (SSSR count). The highest BCUT2D eigenvalue weighted by Crippen LogP contribution is 2.35. The Hall–Kier alpha value is -0.100. The molecule has 0 aliphatic heterocycles. The van der Waals surface area contributed by atoms with Crippen LogP contribution in [0.15, 0.2) is 16.3 Å². The van der Waals surface area contributed by atoms with E-state index in [1.807, 2.05) is 13.8 Å². The van der Waals surface area contributed by atoms with Gasteiger partial charge in [-0.3, -0.25) is 0 Å². The molecule has 102 valence electrons. The van der Waals surface area contributed by atoms with Gasteiger partial charge in [0, 0.05) is 17.5 Å². The van der Waals surface area contributed by atoms with Crippen molar-refractivity contribution in [3.63, 3.8) is 0 Å². The minimum Gasteiger partial charge on any atom is -0.206 e. The van der Waals surface area contributed by atoms with Gasteiger partial charge in [0.15, 0.2) is 0 Å². The molecule has 0 unspecified atom stereocenters. The maximum absolute atomic E-state index is 12.6. The van der Waals surface area contributed by atoms with Crippen molar-refractivity contribution in [3.05, 3.63) is 17.0 Å². The molecule has 1 aliphatic rings. The number of sulfonamides is 1. The first-order valence-electron chi connectivity index (χ1n) is 6.11. The molecule has 1 aromatic heterocycles. The van der Waals surface area contributed by atoms with Crippen molar-refractivity contribution in [1.82, 2.24) is 4.31 Å². The molecule has 1 aliphatic carbocycles. The van der Waals surface area contributed by atoms with E-state index in [2.05, 4.69) is 0 Å². The first-order valence-corrected chi connectivity index (χ1v) is 8.90. The van der Waals surface area contributed by atoms with Crippen LogP contribution in [0.25, 0.3) is 0 Å². The smallest absolute Gasteiger partial charge is 0.206 e. The van der Waals surface area contributed by atoms with Crippen molar-refractivity contribution in [2.45, 2.75) is 42.8 Å². The lowest BCUT2D eigenvalue weighted by atomic mass is 10.2. The molecule has 0 bridgehead atoms. The molecule has 0 atom stereocenters. The minimum atomic E-state index is -3.33. The van der Waals surface area contributed by atoms with E-state index >= 15 is 0 Å². The average molecular weight is 308 g/mol. The van der Waals surface area contributed by atoms with E-state index in [4.69, 9.17) is 11.6 Å². The van der Waals surface area contributed by atoms with Crippen LogP contribution < -0.4 is 0 Å². The fourth-order valence-electron chi connectivity index (χ4n) is 1.85. The molecule has 1 saturated carbocycles. The van der Waals surface area contributed by atoms with E-state index in [0.29, 0.717) is 22.6 Å². The van der Waals surface area contributed by atoms with E-state index < -0.39 is 10.0 Å². The number of halogens is 1. The molecule has 1 heterocycles. The van der Waals surface area contributed by atoms with E-state index in [-0.39, 0.29) is 6.04 Å². The van der Waals surface area contributed by atoms with E-state index in [9.17, 15) is 8.42 Å². The first-order chi connectivity index (χ1) is 8.45. The quantitative estimate of drug-likeness (QED) is 0.756. The Balaban J connectivity index is 2.26. The van der Waals surface area contributed by atoms with Crippen molar-refractivity contribution in [1.29, 1.82) is 0 Å². The van der Waals surface area contributed by atoms with Crippen molar-refractivity contribution in [3.8, 4) is 0 Å². The number of hydrogen-bond donors (Lipinski definition) is 0. The summed E-state index contributed by atoms with van der Waals surface area (Å²) in [6, 6.07) is 3.68. The zero-order valence-electron chi connectivity index (χ0n) is 10.6. The summed E-state index contributed by atoms with van der Waals surface area (Å²) in [5.74, 6) is 0.709. The van der Waals surface area contributed by atoms with Crippen LogP contribution in [0, 0.1) is 5.92 Å². The van der Waals surface area contributed by atoms with Gasteiger partial charge in [-0.15, -0.1) is 22.9 Å². The second-order valence-electron chi connectivity index (χ2n) is 5.05. The molecule has 0 radical (unpaired) electrons. The van der Waals surface area contributed by atoms with Crippen molar-refractivity contribution < 1.29 is 8.42 Å². The minimum absolute atomic E-state index is 0.207. The summed E-state index contributed by atoms with van der Waals surface area (Å²) in [5, 5.41) is 0. The Labute approximate surface area is 118 Å². The summed E-state index contributed by atoms with van der Waals surface area (Å²) in [4.78, 5) is 0.899. The molecular formula is C12H18ClNO2S2. The molecular weight excluding hydrogens is 290 g/mol. The predicted molar refractivity (Wildman–Crippen MR) is 75.6 cm³/mol. The topological polar surface area (TPSA) is 37.4 Å². The third-order valence-electron chi connectivity index (χ3n) is 2.83. The molecule has 0 saturated heterocycles. The van der Waals surface area contributed by atoms with Crippen LogP contribution in [0.5, 0.6) is 0 Å². The van der Waals surface area contributed by atoms with Crippen LogP contribution in [0.2, 0.25) is 0 Å². The van der Waals surface area contributed by atoms with Gasteiger partial charge in [0.05, 0.1) is 5.88 Å². The van der Waals surface area contributed by atoms with Gasteiger partial charge in [0.25, 0.3) is 10.0 Å². The van der Waals surface area contributed by atoms with Gasteiger partial charge in [0.1, 0.15) is 4.21 Å². The van der Waals surface area contributed by atoms with Crippen LogP contribution >= 0.6 is 22.9 Å². The fraction of sp³-hybridized carbons (Fsp3) is 0.667.